The first-order valence-corrected chi connectivity index (χ1v) is 8.23. The summed E-state index contributed by atoms with van der Waals surface area (Å²) in [6.07, 6.45) is 2.50. The van der Waals surface area contributed by atoms with Gasteiger partial charge in [-0.2, -0.15) is 0 Å². The predicted molar refractivity (Wildman–Crippen MR) is 94.7 cm³/mol. The van der Waals surface area contributed by atoms with Gasteiger partial charge in [-0.25, -0.2) is 0 Å². The highest BCUT2D eigenvalue weighted by atomic mass is 35.5. The third-order valence-electron chi connectivity index (χ3n) is 4.22. The first-order chi connectivity index (χ1) is 11.2. The molecule has 3 rings (SSSR count). The molecule has 2 aliphatic heterocycles. The lowest BCUT2D eigenvalue weighted by molar-refractivity contribution is -0.117. The standard InChI is InChI=1S/C17H23N3O3.ClH/c21-16(11-15-12-23-9-6-18-15)19-14-5-3-4-13(10-14)17(22)20-7-1-2-8-20;/h3-5,10,15,18H,1-2,6-9,11-12H2,(H,19,21);1H. The van der Waals surface area contributed by atoms with E-state index in [9.17, 15) is 9.59 Å². The molecular weight excluding hydrogens is 330 g/mol. The zero-order chi connectivity index (χ0) is 16.1. The lowest BCUT2D eigenvalue weighted by Gasteiger charge is -2.23. The Hall–Kier alpha value is -1.63. The maximum absolute atomic E-state index is 12.4. The summed E-state index contributed by atoms with van der Waals surface area (Å²) in [6.45, 7) is 3.67. The van der Waals surface area contributed by atoms with Gasteiger partial charge in [0.25, 0.3) is 5.91 Å². The molecule has 2 amide bonds. The lowest BCUT2D eigenvalue weighted by atomic mass is 10.1. The summed E-state index contributed by atoms with van der Waals surface area (Å²) in [6, 6.07) is 7.22. The Bertz CT molecular complexity index is 570. The third kappa shape index (κ3) is 4.93. The molecule has 132 valence electrons. The first-order valence-electron chi connectivity index (χ1n) is 8.23. The molecule has 2 N–H and O–H groups in total. The van der Waals surface area contributed by atoms with Gasteiger partial charge in [-0.3, -0.25) is 9.59 Å². The van der Waals surface area contributed by atoms with Crippen LogP contribution in [-0.2, 0) is 9.53 Å². The van der Waals surface area contributed by atoms with Crippen molar-refractivity contribution in [1.82, 2.24) is 10.2 Å². The van der Waals surface area contributed by atoms with Crippen molar-refractivity contribution in [2.24, 2.45) is 0 Å². The SMILES string of the molecule is Cl.O=C(CC1COCCN1)Nc1cccc(C(=O)N2CCCC2)c1. The fourth-order valence-corrected chi connectivity index (χ4v) is 3.02. The zero-order valence-electron chi connectivity index (χ0n) is 13.6. The summed E-state index contributed by atoms with van der Waals surface area (Å²) < 4.78 is 5.35. The number of likely N-dealkylation sites (tertiary alicyclic amines) is 1. The van der Waals surface area contributed by atoms with Gasteiger partial charge in [0.1, 0.15) is 0 Å². The quantitative estimate of drug-likeness (QED) is 0.863. The molecule has 24 heavy (non-hydrogen) atoms. The summed E-state index contributed by atoms with van der Waals surface area (Å²) >= 11 is 0. The summed E-state index contributed by atoms with van der Waals surface area (Å²) in [5, 5.41) is 6.13. The van der Waals surface area contributed by atoms with Crippen LogP contribution in [-0.4, -0.2) is 55.6 Å². The molecule has 1 aromatic rings. The molecule has 0 aliphatic carbocycles. The van der Waals surface area contributed by atoms with E-state index < -0.39 is 0 Å². The Morgan fingerprint density at radius 1 is 1.29 bits per heavy atom. The number of nitrogens with one attached hydrogen (secondary N) is 2. The van der Waals surface area contributed by atoms with E-state index in [0.29, 0.717) is 30.9 Å². The van der Waals surface area contributed by atoms with Crippen LogP contribution in [0.1, 0.15) is 29.6 Å². The number of hydrogen-bond acceptors (Lipinski definition) is 4. The maximum Gasteiger partial charge on any atom is 0.253 e. The van der Waals surface area contributed by atoms with Gasteiger partial charge in [0, 0.05) is 43.3 Å². The maximum atomic E-state index is 12.4. The molecular formula is C17H24ClN3O3. The van der Waals surface area contributed by atoms with Crippen molar-refractivity contribution in [3.8, 4) is 0 Å². The summed E-state index contributed by atoms with van der Waals surface area (Å²) in [5.41, 5.74) is 1.29. The monoisotopic (exact) mass is 353 g/mol. The van der Waals surface area contributed by atoms with Crippen LogP contribution in [0.4, 0.5) is 5.69 Å². The lowest BCUT2D eigenvalue weighted by Crippen LogP contribution is -2.43. The molecule has 2 heterocycles. The van der Waals surface area contributed by atoms with Crippen molar-refractivity contribution < 1.29 is 14.3 Å². The van der Waals surface area contributed by atoms with Gasteiger partial charge in [0.2, 0.25) is 5.91 Å². The number of carbonyl (C=O) groups is 2. The van der Waals surface area contributed by atoms with Crippen LogP contribution in [0.15, 0.2) is 24.3 Å². The number of ether oxygens (including phenoxy) is 1. The second kappa shape index (κ2) is 9.01. The number of carbonyl (C=O) groups excluding carboxylic acids is 2. The van der Waals surface area contributed by atoms with E-state index >= 15 is 0 Å². The number of nitrogens with zero attached hydrogens (tertiary/aromatic N) is 1. The summed E-state index contributed by atoms with van der Waals surface area (Å²) in [7, 11) is 0. The Labute approximate surface area is 148 Å². The molecule has 2 saturated heterocycles. The molecule has 1 atom stereocenters. The van der Waals surface area contributed by atoms with Crippen LogP contribution in [0.2, 0.25) is 0 Å². The van der Waals surface area contributed by atoms with Crippen LogP contribution in [0.25, 0.3) is 0 Å². The van der Waals surface area contributed by atoms with Crippen molar-refractivity contribution in [1.29, 1.82) is 0 Å². The molecule has 0 saturated carbocycles. The van der Waals surface area contributed by atoms with Crippen LogP contribution in [0.5, 0.6) is 0 Å². The minimum Gasteiger partial charge on any atom is -0.378 e. The van der Waals surface area contributed by atoms with Crippen molar-refractivity contribution in [3.63, 3.8) is 0 Å². The Balaban J connectivity index is 0.00000208. The van der Waals surface area contributed by atoms with Crippen LogP contribution >= 0.6 is 12.4 Å². The van der Waals surface area contributed by atoms with Gasteiger partial charge in [-0.15, -0.1) is 12.4 Å². The smallest absolute Gasteiger partial charge is 0.253 e. The van der Waals surface area contributed by atoms with Gasteiger partial charge in [-0.05, 0) is 31.0 Å². The highest BCUT2D eigenvalue weighted by molar-refractivity contribution is 5.97. The number of anilines is 1. The normalized spacial score (nSPS) is 20.3. The molecule has 0 radical (unpaired) electrons. The third-order valence-corrected chi connectivity index (χ3v) is 4.22. The van der Waals surface area contributed by atoms with E-state index in [1.165, 1.54) is 0 Å². The van der Waals surface area contributed by atoms with E-state index in [1.807, 2.05) is 11.0 Å². The van der Waals surface area contributed by atoms with Crippen molar-refractivity contribution >= 4 is 29.9 Å². The second-order valence-corrected chi connectivity index (χ2v) is 6.06. The number of halogens is 1. The van der Waals surface area contributed by atoms with Gasteiger partial charge in [0.15, 0.2) is 0 Å². The molecule has 2 aliphatic rings. The Morgan fingerprint density at radius 2 is 2.08 bits per heavy atom. The number of benzene rings is 1. The van der Waals surface area contributed by atoms with Crippen LogP contribution in [0.3, 0.4) is 0 Å². The molecule has 1 unspecified atom stereocenters. The fraction of sp³-hybridized carbons (Fsp3) is 0.529. The van der Waals surface area contributed by atoms with E-state index in [4.69, 9.17) is 4.74 Å². The Kier molecular flexibility index (Phi) is 7.02. The van der Waals surface area contributed by atoms with Gasteiger partial charge < -0.3 is 20.3 Å². The zero-order valence-corrected chi connectivity index (χ0v) is 14.4. The minimum atomic E-state index is -0.0706. The molecule has 6 nitrogen and oxygen atoms in total. The first kappa shape index (κ1) is 18.7. The van der Waals surface area contributed by atoms with Gasteiger partial charge in [-0.1, -0.05) is 6.07 Å². The molecule has 1 aromatic carbocycles. The van der Waals surface area contributed by atoms with Gasteiger partial charge in [0.05, 0.1) is 13.2 Å². The molecule has 7 heteroatoms. The van der Waals surface area contributed by atoms with E-state index in [2.05, 4.69) is 10.6 Å². The van der Waals surface area contributed by atoms with Crippen molar-refractivity contribution in [2.75, 3.05) is 38.2 Å². The fourth-order valence-electron chi connectivity index (χ4n) is 3.02. The van der Waals surface area contributed by atoms with Crippen molar-refractivity contribution in [2.45, 2.75) is 25.3 Å². The molecule has 0 aromatic heterocycles. The number of amides is 2. The van der Waals surface area contributed by atoms with E-state index in [0.717, 1.165) is 32.5 Å². The number of morpholine rings is 1. The molecule has 0 spiro atoms. The predicted octanol–water partition coefficient (Wildman–Crippen LogP) is 1.66. The highest BCUT2D eigenvalue weighted by Crippen LogP contribution is 2.16. The van der Waals surface area contributed by atoms with Gasteiger partial charge >= 0.3 is 0 Å². The van der Waals surface area contributed by atoms with Crippen molar-refractivity contribution in [3.05, 3.63) is 29.8 Å². The van der Waals surface area contributed by atoms with E-state index in [-0.39, 0.29) is 30.3 Å². The summed E-state index contributed by atoms with van der Waals surface area (Å²) in [4.78, 5) is 26.4. The minimum absolute atomic E-state index is 0. The van der Waals surface area contributed by atoms with Crippen LogP contribution < -0.4 is 10.6 Å². The van der Waals surface area contributed by atoms with Crippen LogP contribution in [0, 0.1) is 0 Å². The largest absolute Gasteiger partial charge is 0.378 e. The highest BCUT2D eigenvalue weighted by Gasteiger charge is 2.20. The number of rotatable bonds is 4. The average Bonchev–Trinajstić information content (AvgIpc) is 3.09. The summed E-state index contributed by atoms with van der Waals surface area (Å²) in [5.74, 6) is -0.0280. The number of hydrogen-bond donors (Lipinski definition) is 2. The second-order valence-electron chi connectivity index (χ2n) is 6.06. The van der Waals surface area contributed by atoms with E-state index in [1.54, 1.807) is 18.2 Å². The molecule has 0 bridgehead atoms. The molecule has 2 fully saturated rings. The Morgan fingerprint density at radius 3 is 2.79 bits per heavy atom. The topological polar surface area (TPSA) is 70.7 Å². The average molecular weight is 354 g/mol.